The Hall–Kier alpha value is -4.94. The van der Waals surface area contributed by atoms with Crippen LogP contribution in [0.1, 0.15) is 77.4 Å². The number of allylic oxidation sites excluding steroid dienone is 10. The van der Waals surface area contributed by atoms with Gasteiger partial charge in [0.2, 0.25) is 11.6 Å². The molecule has 0 atom stereocenters. The summed E-state index contributed by atoms with van der Waals surface area (Å²) in [5.41, 5.74) is 8.83. The Balaban J connectivity index is 0.00000235. The van der Waals surface area contributed by atoms with Crippen molar-refractivity contribution in [2.75, 3.05) is 7.11 Å². The molecule has 5 rings (SSSR count). The minimum absolute atomic E-state index is 0.113. The van der Waals surface area contributed by atoms with Crippen molar-refractivity contribution in [1.82, 2.24) is 19.7 Å². The molecule has 0 fully saturated rings. The molecule has 8 heteroatoms. The molecule has 2 aromatic heterocycles. The second-order valence-electron chi connectivity index (χ2n) is 10.5. The van der Waals surface area contributed by atoms with Gasteiger partial charge in [0.15, 0.2) is 0 Å². The maximum absolute atomic E-state index is 14.0. The molecule has 8 nitrogen and oxygen atoms in total. The molecule has 0 bridgehead atoms. The number of benzene rings is 1. The van der Waals surface area contributed by atoms with Gasteiger partial charge in [-0.25, -0.2) is 4.98 Å². The van der Waals surface area contributed by atoms with Crippen LogP contribution in [-0.4, -0.2) is 26.8 Å². The smallest absolute Gasteiger partial charge is 0.417 e. The summed E-state index contributed by atoms with van der Waals surface area (Å²) >= 11 is 0. The summed E-state index contributed by atoms with van der Waals surface area (Å²) in [5, 5.41) is 4.06. The molecule has 46 heavy (non-hydrogen) atoms. The number of hydrogen-bond acceptors (Lipinski definition) is 7. The summed E-state index contributed by atoms with van der Waals surface area (Å²) in [6.07, 6.45) is 21.0. The first-order valence-electron chi connectivity index (χ1n) is 16.2. The predicted octanol–water partition coefficient (Wildman–Crippen LogP) is 8.53. The molecule has 0 N–H and O–H groups in total. The van der Waals surface area contributed by atoms with Crippen LogP contribution < -0.4 is 15.0 Å². The van der Waals surface area contributed by atoms with Crippen LogP contribution in [-0.2, 0) is 19.4 Å². The Labute approximate surface area is 271 Å². The molecule has 240 valence electrons. The van der Waals surface area contributed by atoms with Crippen LogP contribution in [0.4, 0.5) is 0 Å². The average Bonchev–Trinajstić information content (AvgIpc) is 3.44. The number of ether oxygens (including phenoxy) is 2. The van der Waals surface area contributed by atoms with Gasteiger partial charge in [0, 0.05) is 12.0 Å². The maximum Gasteiger partial charge on any atom is 0.417 e. The van der Waals surface area contributed by atoms with E-state index in [-0.39, 0.29) is 11.6 Å². The minimum Gasteiger partial charge on any atom is -0.452 e. The fourth-order valence-electron chi connectivity index (χ4n) is 5.16. The van der Waals surface area contributed by atoms with Gasteiger partial charge in [0.05, 0.1) is 19.3 Å². The number of rotatable bonds is 11. The van der Waals surface area contributed by atoms with E-state index in [4.69, 9.17) is 19.0 Å². The first-order chi connectivity index (χ1) is 22.5. The van der Waals surface area contributed by atoms with Crippen LogP contribution in [0.2, 0.25) is 0 Å². The lowest BCUT2D eigenvalue weighted by atomic mass is 9.97. The van der Waals surface area contributed by atoms with Crippen LogP contribution in [0.25, 0.3) is 17.0 Å². The summed E-state index contributed by atoms with van der Waals surface area (Å²) in [6.45, 7) is 10.6. The highest BCUT2D eigenvalue weighted by molar-refractivity contribution is 5.83. The van der Waals surface area contributed by atoms with Gasteiger partial charge in [0.1, 0.15) is 11.6 Å². The summed E-state index contributed by atoms with van der Waals surface area (Å²) in [4.78, 5) is 23.3. The Morgan fingerprint density at radius 1 is 0.913 bits per heavy atom. The van der Waals surface area contributed by atoms with Crippen molar-refractivity contribution in [1.29, 1.82) is 0 Å². The van der Waals surface area contributed by atoms with E-state index in [0.29, 0.717) is 48.8 Å². The Morgan fingerprint density at radius 2 is 1.67 bits per heavy atom. The first-order valence-corrected chi connectivity index (χ1v) is 16.2. The number of nitrogens with zero attached hydrogens (tertiary/aromatic N) is 4. The van der Waals surface area contributed by atoms with Crippen molar-refractivity contribution < 1.29 is 14.0 Å². The van der Waals surface area contributed by atoms with E-state index in [1.807, 2.05) is 69.3 Å². The van der Waals surface area contributed by atoms with E-state index in [2.05, 4.69) is 54.0 Å². The molecule has 0 radical (unpaired) electrons. The average molecular weight is 621 g/mol. The van der Waals surface area contributed by atoms with Crippen LogP contribution in [0.15, 0.2) is 105 Å². The van der Waals surface area contributed by atoms with Gasteiger partial charge in [-0.1, -0.05) is 93.9 Å². The fraction of sp³-hybridized carbons (Fsp3) is 0.342. The molecular formula is C38H44N4O4. The van der Waals surface area contributed by atoms with Crippen LogP contribution in [0, 0.1) is 0 Å². The largest absolute Gasteiger partial charge is 0.452 e. The number of aryl methyl sites for hydroxylation is 2. The Bertz CT molecular complexity index is 1790. The zero-order valence-electron chi connectivity index (χ0n) is 27.8. The highest BCUT2D eigenvalue weighted by Gasteiger charge is 2.19. The molecule has 0 saturated heterocycles. The first kappa shape index (κ1) is 33.9. The SMILES string of the molecule is CC.CCCc1nc(CC)c(OC2=CCC=C(CC)C=C2)c(=O)n1C/C1=C/C/C=C(/c2ccccc2-c2noc(OC)n2)C=C=C1. The number of aromatic nitrogens is 4. The van der Waals surface area contributed by atoms with Gasteiger partial charge in [0.25, 0.3) is 5.56 Å². The molecule has 2 aliphatic carbocycles. The third kappa shape index (κ3) is 8.20. The molecular weight excluding hydrogens is 576 g/mol. The lowest BCUT2D eigenvalue weighted by molar-refractivity contribution is 0.250. The molecule has 2 aliphatic rings. The molecule has 0 saturated carbocycles. The highest BCUT2D eigenvalue weighted by Crippen LogP contribution is 2.30. The van der Waals surface area contributed by atoms with Gasteiger partial charge < -0.3 is 9.47 Å². The van der Waals surface area contributed by atoms with E-state index in [9.17, 15) is 4.79 Å². The Morgan fingerprint density at radius 3 is 2.39 bits per heavy atom. The van der Waals surface area contributed by atoms with Gasteiger partial charge in [-0.2, -0.15) is 4.98 Å². The van der Waals surface area contributed by atoms with E-state index in [1.165, 1.54) is 12.7 Å². The third-order valence-corrected chi connectivity index (χ3v) is 7.50. The van der Waals surface area contributed by atoms with Gasteiger partial charge in [-0.15, -0.1) is 5.73 Å². The molecule has 0 amide bonds. The molecule has 1 aromatic carbocycles. The summed E-state index contributed by atoms with van der Waals surface area (Å²) < 4.78 is 18.2. The number of methoxy groups -OCH3 is 1. The van der Waals surface area contributed by atoms with E-state index < -0.39 is 0 Å². The van der Waals surface area contributed by atoms with Gasteiger partial charge in [-0.3, -0.25) is 13.9 Å². The zero-order chi connectivity index (χ0) is 32.9. The topological polar surface area (TPSA) is 92.3 Å². The van der Waals surface area contributed by atoms with Crippen molar-refractivity contribution in [3.63, 3.8) is 0 Å². The predicted molar refractivity (Wildman–Crippen MR) is 184 cm³/mol. The normalized spacial score (nSPS) is 16.4. The molecule has 0 unspecified atom stereocenters. The molecule has 0 aliphatic heterocycles. The van der Waals surface area contributed by atoms with E-state index >= 15 is 0 Å². The quantitative estimate of drug-likeness (QED) is 0.198. The zero-order valence-corrected chi connectivity index (χ0v) is 27.8. The summed E-state index contributed by atoms with van der Waals surface area (Å²) in [5.74, 6) is 2.18. The lowest BCUT2D eigenvalue weighted by Gasteiger charge is -2.17. The van der Waals surface area contributed by atoms with E-state index in [1.54, 1.807) is 4.57 Å². The summed E-state index contributed by atoms with van der Waals surface area (Å²) in [6, 6.07) is 7.88. The van der Waals surface area contributed by atoms with Gasteiger partial charge >= 0.3 is 6.08 Å². The van der Waals surface area contributed by atoms with Crippen molar-refractivity contribution in [3.8, 4) is 23.2 Å². The van der Waals surface area contributed by atoms with Crippen molar-refractivity contribution >= 4 is 5.57 Å². The second kappa shape index (κ2) is 16.9. The Kier molecular flexibility index (Phi) is 12.5. The molecule has 3 aromatic rings. The summed E-state index contributed by atoms with van der Waals surface area (Å²) in [7, 11) is 1.49. The van der Waals surface area contributed by atoms with Crippen molar-refractivity contribution in [3.05, 3.63) is 123 Å². The third-order valence-electron chi connectivity index (χ3n) is 7.50. The maximum atomic E-state index is 14.0. The van der Waals surface area contributed by atoms with Crippen LogP contribution in [0.3, 0.4) is 0 Å². The standard InChI is InChI=1S/C36H38N4O4.C2H6/c1-5-13-32-37-31(7-3)33(43-28-19-12-14-25(6-2)22-23-28)35(41)40(32)24-26-15-10-17-27(18-11-16-26)29-20-8-9-21-30(29)34-38-36(42-4)44-39-34;1-2/h8-9,14-23H,5-7,10,12-13,24H2,1-4H3;1-2H3/b26-15+,27-17+;. The number of hydrogen-bond donors (Lipinski definition) is 0. The lowest BCUT2D eigenvalue weighted by Crippen LogP contribution is -2.29. The van der Waals surface area contributed by atoms with Gasteiger partial charge in [-0.05, 0) is 73.1 Å². The highest BCUT2D eigenvalue weighted by atomic mass is 16.6. The van der Waals surface area contributed by atoms with Crippen molar-refractivity contribution in [2.45, 2.75) is 79.7 Å². The minimum atomic E-state index is -0.163. The van der Waals surface area contributed by atoms with Crippen LogP contribution in [0.5, 0.6) is 11.8 Å². The molecule has 2 heterocycles. The van der Waals surface area contributed by atoms with E-state index in [0.717, 1.165) is 47.4 Å². The monoisotopic (exact) mass is 620 g/mol. The van der Waals surface area contributed by atoms with Crippen molar-refractivity contribution in [2.24, 2.45) is 0 Å². The fourth-order valence-corrected chi connectivity index (χ4v) is 5.16. The second-order valence-corrected chi connectivity index (χ2v) is 10.5. The molecule has 0 spiro atoms. The van der Waals surface area contributed by atoms with Crippen LogP contribution >= 0.6 is 0 Å².